The van der Waals surface area contributed by atoms with Gasteiger partial charge >= 0.3 is 0 Å². The van der Waals surface area contributed by atoms with Crippen LogP contribution in [0.1, 0.15) is 22.8 Å². The Balaban J connectivity index is 1.96. The van der Waals surface area contributed by atoms with Gasteiger partial charge in [0.25, 0.3) is 5.91 Å². The summed E-state index contributed by atoms with van der Waals surface area (Å²) in [4.78, 5) is 23.6. The third kappa shape index (κ3) is 6.04. The van der Waals surface area contributed by atoms with Crippen molar-refractivity contribution >= 4 is 27.3 Å². The molecule has 2 aromatic carbocycles. The monoisotopic (exact) mass is 360 g/mol. The first-order valence-electron chi connectivity index (χ1n) is 7.82. The Morgan fingerprint density at radius 3 is 2.20 bits per heavy atom. The Morgan fingerprint density at radius 1 is 0.960 bits per heavy atom. The maximum Gasteiger partial charge on any atom is 0.251 e. The Hall–Kier alpha value is -2.67. The molecule has 0 aliphatic carbocycles. The molecular weight excluding hydrogens is 340 g/mol. The zero-order valence-electron chi connectivity index (χ0n) is 13.9. The van der Waals surface area contributed by atoms with Gasteiger partial charge in [-0.3, -0.25) is 9.59 Å². The highest BCUT2D eigenvalue weighted by Gasteiger charge is 2.18. The van der Waals surface area contributed by atoms with Crippen LogP contribution in [0.3, 0.4) is 0 Å². The smallest absolute Gasteiger partial charge is 0.251 e. The lowest BCUT2D eigenvalue weighted by Gasteiger charge is -2.07. The van der Waals surface area contributed by atoms with Crippen molar-refractivity contribution in [2.45, 2.75) is 12.7 Å². The molecule has 6 nitrogen and oxygen atoms in total. The zero-order chi connectivity index (χ0) is 18.3. The van der Waals surface area contributed by atoms with Gasteiger partial charge in [-0.1, -0.05) is 30.3 Å². The van der Waals surface area contributed by atoms with Crippen molar-refractivity contribution < 1.29 is 18.0 Å². The van der Waals surface area contributed by atoms with Crippen molar-refractivity contribution in [1.29, 1.82) is 0 Å². The van der Waals surface area contributed by atoms with Crippen molar-refractivity contribution in [3.8, 4) is 0 Å². The van der Waals surface area contributed by atoms with Gasteiger partial charge in [0, 0.05) is 17.8 Å². The summed E-state index contributed by atoms with van der Waals surface area (Å²) in [6, 6.07) is 15.0. The molecule has 0 atom stereocenters. The molecule has 0 saturated heterocycles. The molecular formula is C18H20N2O4S. The van der Waals surface area contributed by atoms with Crippen LogP contribution in [0.4, 0.5) is 5.69 Å². The molecule has 0 aliphatic heterocycles. The van der Waals surface area contributed by atoms with Crippen molar-refractivity contribution in [3.63, 3.8) is 0 Å². The average Bonchev–Trinajstić information content (AvgIpc) is 2.55. The van der Waals surface area contributed by atoms with Gasteiger partial charge in [-0.25, -0.2) is 8.42 Å². The fourth-order valence-corrected chi connectivity index (χ4v) is 3.51. The second-order valence-electron chi connectivity index (χ2n) is 5.50. The highest BCUT2D eigenvalue weighted by atomic mass is 32.2. The van der Waals surface area contributed by atoms with Crippen LogP contribution in [-0.4, -0.2) is 32.5 Å². The number of carbonyl (C=O) groups is 2. The summed E-state index contributed by atoms with van der Waals surface area (Å²) >= 11 is 0. The molecule has 7 heteroatoms. The van der Waals surface area contributed by atoms with E-state index in [0.29, 0.717) is 23.4 Å². The van der Waals surface area contributed by atoms with Crippen LogP contribution in [0.25, 0.3) is 0 Å². The van der Waals surface area contributed by atoms with Crippen molar-refractivity contribution in [2.75, 3.05) is 17.6 Å². The van der Waals surface area contributed by atoms with Gasteiger partial charge in [-0.15, -0.1) is 0 Å². The molecule has 2 N–H and O–H groups in total. The molecule has 0 heterocycles. The van der Waals surface area contributed by atoms with Crippen LogP contribution < -0.4 is 10.6 Å². The lowest BCUT2D eigenvalue weighted by atomic mass is 10.1. The summed E-state index contributed by atoms with van der Waals surface area (Å²) in [5.41, 5.74) is 1.54. The van der Waals surface area contributed by atoms with E-state index in [1.54, 1.807) is 54.6 Å². The van der Waals surface area contributed by atoms with E-state index < -0.39 is 21.5 Å². The Kier molecular flexibility index (Phi) is 6.30. The number of benzene rings is 2. The largest absolute Gasteiger partial charge is 0.352 e. The molecule has 132 valence electrons. The summed E-state index contributed by atoms with van der Waals surface area (Å²) in [6.45, 7) is 2.34. The van der Waals surface area contributed by atoms with Crippen LogP contribution in [-0.2, 0) is 20.4 Å². The lowest BCUT2D eigenvalue weighted by Crippen LogP contribution is -2.24. The van der Waals surface area contributed by atoms with Crippen LogP contribution in [0, 0.1) is 0 Å². The number of carbonyl (C=O) groups excluding carboxylic acids is 2. The molecule has 0 aliphatic rings. The first-order valence-corrected chi connectivity index (χ1v) is 9.64. The minimum absolute atomic E-state index is 0.209. The van der Waals surface area contributed by atoms with Crippen molar-refractivity contribution in [3.05, 3.63) is 65.7 Å². The van der Waals surface area contributed by atoms with E-state index >= 15 is 0 Å². The zero-order valence-corrected chi connectivity index (χ0v) is 14.7. The second kappa shape index (κ2) is 8.43. The first kappa shape index (κ1) is 18.7. The van der Waals surface area contributed by atoms with Crippen molar-refractivity contribution in [1.82, 2.24) is 5.32 Å². The molecule has 0 spiro atoms. The minimum Gasteiger partial charge on any atom is -0.352 e. The maximum absolute atomic E-state index is 12.2. The topological polar surface area (TPSA) is 92.3 Å². The van der Waals surface area contributed by atoms with E-state index in [4.69, 9.17) is 0 Å². The molecule has 0 bridgehead atoms. The number of hydrogen-bond donors (Lipinski definition) is 2. The summed E-state index contributed by atoms with van der Waals surface area (Å²) in [5.74, 6) is -1.64. The van der Waals surface area contributed by atoms with Gasteiger partial charge in [0.15, 0.2) is 9.84 Å². The van der Waals surface area contributed by atoms with Crippen LogP contribution in [0.5, 0.6) is 0 Å². The number of para-hydroxylation sites is 1. The lowest BCUT2D eigenvalue weighted by molar-refractivity contribution is -0.113. The van der Waals surface area contributed by atoms with Crippen molar-refractivity contribution in [2.24, 2.45) is 0 Å². The second-order valence-corrected chi connectivity index (χ2v) is 7.57. The number of nitrogens with one attached hydrogen (secondary N) is 2. The van der Waals surface area contributed by atoms with Gasteiger partial charge in [0.1, 0.15) is 5.75 Å². The standard InChI is InChI=1S/C18H20N2O4S/c1-2-19-18(22)15-10-8-14(9-11-15)12-25(23,24)13-17(21)20-16-6-4-3-5-7-16/h3-11H,2,12-13H2,1H3,(H,19,22)(H,20,21). The van der Waals surface area contributed by atoms with Gasteiger partial charge < -0.3 is 10.6 Å². The maximum atomic E-state index is 12.2. The van der Waals surface area contributed by atoms with E-state index in [1.165, 1.54) is 0 Å². The first-order chi connectivity index (χ1) is 11.9. The molecule has 25 heavy (non-hydrogen) atoms. The fraction of sp³-hybridized carbons (Fsp3) is 0.222. The van der Waals surface area contributed by atoms with Gasteiger partial charge in [-0.05, 0) is 36.8 Å². The molecule has 2 rings (SSSR count). The molecule has 2 aromatic rings. The van der Waals surface area contributed by atoms with E-state index in [9.17, 15) is 18.0 Å². The van der Waals surface area contributed by atoms with Crippen LogP contribution in [0.15, 0.2) is 54.6 Å². The normalized spacial score (nSPS) is 10.9. The number of sulfone groups is 1. The van der Waals surface area contributed by atoms with Gasteiger partial charge in [-0.2, -0.15) is 0 Å². The summed E-state index contributed by atoms with van der Waals surface area (Å²) < 4.78 is 24.4. The third-order valence-corrected chi connectivity index (χ3v) is 4.82. The van der Waals surface area contributed by atoms with Gasteiger partial charge in [0.2, 0.25) is 5.91 Å². The van der Waals surface area contributed by atoms with Crippen LogP contribution >= 0.6 is 0 Å². The highest BCUT2D eigenvalue weighted by molar-refractivity contribution is 7.91. The molecule has 0 unspecified atom stereocenters. The number of hydrogen-bond acceptors (Lipinski definition) is 4. The minimum atomic E-state index is -3.61. The summed E-state index contributed by atoms with van der Waals surface area (Å²) in [5, 5.41) is 5.22. The van der Waals surface area contributed by atoms with E-state index in [0.717, 1.165) is 0 Å². The highest BCUT2D eigenvalue weighted by Crippen LogP contribution is 2.11. The predicted octanol–water partition coefficient (Wildman–Crippen LogP) is 1.99. The Labute approximate surface area is 147 Å². The molecule has 2 amide bonds. The number of rotatable bonds is 7. The number of anilines is 1. The molecule has 0 saturated carbocycles. The third-order valence-electron chi connectivity index (χ3n) is 3.35. The fourth-order valence-electron chi connectivity index (χ4n) is 2.24. The summed E-state index contributed by atoms with van der Waals surface area (Å²) in [6.07, 6.45) is 0. The molecule has 0 aromatic heterocycles. The molecule has 0 radical (unpaired) electrons. The van der Waals surface area contributed by atoms with E-state index in [1.807, 2.05) is 6.92 Å². The Morgan fingerprint density at radius 2 is 1.60 bits per heavy atom. The van der Waals surface area contributed by atoms with Crippen LogP contribution in [0.2, 0.25) is 0 Å². The number of amides is 2. The van der Waals surface area contributed by atoms with Gasteiger partial charge in [0.05, 0.1) is 5.75 Å². The molecule has 0 fully saturated rings. The SMILES string of the molecule is CCNC(=O)c1ccc(CS(=O)(=O)CC(=O)Nc2ccccc2)cc1. The van der Waals surface area contributed by atoms with E-state index in [-0.39, 0.29) is 11.7 Å². The van der Waals surface area contributed by atoms with E-state index in [2.05, 4.69) is 10.6 Å². The average molecular weight is 360 g/mol. The Bertz CT molecular complexity index is 831. The predicted molar refractivity (Wildman–Crippen MR) is 97.0 cm³/mol. The summed E-state index contributed by atoms with van der Waals surface area (Å²) in [7, 11) is -3.61. The quantitative estimate of drug-likeness (QED) is 0.790.